The molecule has 1 aromatic carbocycles. The van der Waals surface area contributed by atoms with Crippen molar-refractivity contribution in [3.8, 4) is 17.7 Å². The Bertz CT molecular complexity index is 1170. The quantitative estimate of drug-likeness (QED) is 0.459. The minimum absolute atomic E-state index is 0.119. The fourth-order valence-electron chi connectivity index (χ4n) is 3.75. The van der Waals surface area contributed by atoms with Gasteiger partial charge < -0.3 is 20.4 Å². The Balaban J connectivity index is 1.51. The van der Waals surface area contributed by atoms with Crippen molar-refractivity contribution in [3.05, 3.63) is 58.4 Å². The Morgan fingerprint density at radius 3 is 3.00 bits per heavy atom. The summed E-state index contributed by atoms with van der Waals surface area (Å²) in [6.07, 6.45) is 4.73. The number of nitrogens with one attached hydrogen (secondary N) is 1. The lowest BCUT2D eigenvalue weighted by Gasteiger charge is -2.23. The van der Waals surface area contributed by atoms with Gasteiger partial charge in [0.2, 0.25) is 11.8 Å². The molecule has 1 fully saturated rings. The van der Waals surface area contributed by atoms with E-state index < -0.39 is 17.0 Å². The highest BCUT2D eigenvalue weighted by Crippen LogP contribution is 2.28. The van der Waals surface area contributed by atoms with Crippen LogP contribution in [0.25, 0.3) is 10.9 Å². The van der Waals surface area contributed by atoms with Gasteiger partial charge in [-0.25, -0.2) is 4.98 Å². The molecular weight excluding hydrogens is 400 g/mol. The molecule has 0 aliphatic carbocycles. The van der Waals surface area contributed by atoms with E-state index in [9.17, 15) is 20.2 Å². The van der Waals surface area contributed by atoms with Gasteiger partial charge in [0.1, 0.15) is 18.0 Å². The Kier molecular flexibility index (Phi) is 5.51. The second kappa shape index (κ2) is 8.41. The highest BCUT2D eigenvalue weighted by molar-refractivity contribution is 5.87. The predicted octanol–water partition coefficient (Wildman–Crippen LogP) is 2.65. The molecule has 3 heterocycles. The van der Waals surface area contributed by atoms with Crippen LogP contribution in [0, 0.1) is 21.4 Å². The first-order chi connectivity index (χ1) is 15.0. The number of nitro groups is 1. The number of fused-ring (bicyclic) bond motifs is 1. The summed E-state index contributed by atoms with van der Waals surface area (Å²) < 4.78 is 5.72. The fourth-order valence-corrected chi connectivity index (χ4v) is 3.75. The van der Waals surface area contributed by atoms with Crippen molar-refractivity contribution >= 4 is 22.5 Å². The van der Waals surface area contributed by atoms with Crippen molar-refractivity contribution < 1.29 is 14.5 Å². The molecule has 1 aliphatic heterocycles. The number of ether oxygens (including phenoxy) is 1. The molecule has 0 saturated carbocycles. The van der Waals surface area contributed by atoms with Crippen LogP contribution in [0.1, 0.15) is 18.4 Å². The number of likely N-dealkylation sites (tertiary alicyclic amines) is 1. The molecule has 1 aliphatic rings. The lowest BCUT2D eigenvalue weighted by molar-refractivity contribution is -0.385. The second-order valence-corrected chi connectivity index (χ2v) is 7.36. The molecular formula is C21H20N6O4. The number of rotatable bonds is 6. The van der Waals surface area contributed by atoms with Gasteiger partial charge in [0, 0.05) is 35.8 Å². The van der Waals surface area contributed by atoms with E-state index in [1.807, 2.05) is 6.07 Å². The van der Waals surface area contributed by atoms with Gasteiger partial charge in [-0.2, -0.15) is 5.26 Å². The van der Waals surface area contributed by atoms with Gasteiger partial charge in [-0.1, -0.05) is 0 Å². The summed E-state index contributed by atoms with van der Waals surface area (Å²) >= 11 is 0. The first-order valence-corrected chi connectivity index (χ1v) is 9.80. The smallest absolute Gasteiger partial charge is 0.287 e. The topological polar surface area (TPSA) is 151 Å². The summed E-state index contributed by atoms with van der Waals surface area (Å²) in [5.74, 6) is 0.505. The van der Waals surface area contributed by atoms with Crippen LogP contribution in [0.15, 0.2) is 42.7 Å². The monoisotopic (exact) mass is 420 g/mol. The molecule has 0 bridgehead atoms. The lowest BCUT2D eigenvalue weighted by Crippen LogP contribution is -2.46. The molecule has 10 heteroatoms. The number of pyridine rings is 1. The van der Waals surface area contributed by atoms with Crippen molar-refractivity contribution in [2.45, 2.75) is 31.3 Å². The van der Waals surface area contributed by atoms with Crippen LogP contribution in [0.5, 0.6) is 11.6 Å². The zero-order valence-electron chi connectivity index (χ0n) is 16.5. The Morgan fingerprint density at radius 1 is 1.45 bits per heavy atom. The van der Waals surface area contributed by atoms with Crippen LogP contribution in [0.2, 0.25) is 0 Å². The number of nitrogens with zero attached hydrogens (tertiary/aromatic N) is 4. The Labute approximate surface area is 177 Å². The molecule has 10 nitrogen and oxygen atoms in total. The van der Waals surface area contributed by atoms with E-state index >= 15 is 0 Å². The third-order valence-electron chi connectivity index (χ3n) is 5.33. The van der Waals surface area contributed by atoms with E-state index in [0.717, 1.165) is 29.1 Å². The first kappa shape index (κ1) is 20.3. The van der Waals surface area contributed by atoms with Crippen LogP contribution >= 0.6 is 0 Å². The number of benzene rings is 1. The third-order valence-corrected chi connectivity index (χ3v) is 5.33. The summed E-state index contributed by atoms with van der Waals surface area (Å²) in [4.78, 5) is 31.6. The molecule has 4 rings (SSSR count). The van der Waals surface area contributed by atoms with Gasteiger partial charge in [-0.3, -0.25) is 14.9 Å². The average molecular weight is 420 g/mol. The minimum Gasteiger partial charge on any atom is -0.439 e. The van der Waals surface area contributed by atoms with Crippen LogP contribution in [0.3, 0.4) is 0 Å². The Hall–Kier alpha value is -3.97. The number of carbonyl (C=O) groups excluding carboxylic acids is 1. The number of H-pyrrole nitrogens is 1. The standard InChI is InChI=1S/C21H20N6O4/c22-10-14-2-1-7-26(14)21(28)18(23)8-13-11-24-19-5-4-16(9-17(13)19)31-20-6-3-15(12-25-20)27(29)30/h3-6,9,11-12,14,18,24H,1-2,7-8,23H2/t14-,18+/m0/s1. The van der Waals surface area contributed by atoms with E-state index in [0.29, 0.717) is 25.1 Å². The van der Waals surface area contributed by atoms with E-state index in [4.69, 9.17) is 10.5 Å². The fraction of sp³-hybridized carbons (Fsp3) is 0.286. The summed E-state index contributed by atoms with van der Waals surface area (Å²) in [7, 11) is 0. The third kappa shape index (κ3) is 4.17. The van der Waals surface area contributed by atoms with Crippen molar-refractivity contribution in [1.29, 1.82) is 5.26 Å². The number of hydrogen-bond donors (Lipinski definition) is 2. The van der Waals surface area contributed by atoms with E-state index in [1.54, 1.807) is 23.2 Å². The maximum Gasteiger partial charge on any atom is 0.287 e. The summed E-state index contributed by atoms with van der Waals surface area (Å²) in [6.45, 7) is 0.554. The van der Waals surface area contributed by atoms with Gasteiger partial charge in [0.05, 0.1) is 17.0 Å². The largest absolute Gasteiger partial charge is 0.439 e. The van der Waals surface area contributed by atoms with Crippen LogP contribution in [0.4, 0.5) is 5.69 Å². The van der Waals surface area contributed by atoms with E-state index in [2.05, 4.69) is 16.0 Å². The summed E-state index contributed by atoms with van der Waals surface area (Å²) in [5, 5.41) is 20.8. The van der Waals surface area contributed by atoms with Crippen molar-refractivity contribution in [3.63, 3.8) is 0 Å². The number of hydrogen-bond acceptors (Lipinski definition) is 7. The van der Waals surface area contributed by atoms with Crippen LogP contribution < -0.4 is 10.5 Å². The maximum atomic E-state index is 12.7. The highest BCUT2D eigenvalue weighted by Gasteiger charge is 2.31. The number of nitrogens with two attached hydrogens (primary N) is 1. The molecule has 0 unspecified atom stereocenters. The normalized spacial score (nSPS) is 16.8. The number of nitriles is 1. The van der Waals surface area contributed by atoms with Gasteiger partial charge in [-0.05, 0) is 43.0 Å². The average Bonchev–Trinajstić information content (AvgIpc) is 3.40. The molecule has 0 radical (unpaired) electrons. The molecule has 1 amide bonds. The first-order valence-electron chi connectivity index (χ1n) is 9.80. The highest BCUT2D eigenvalue weighted by atomic mass is 16.6. The molecule has 1 saturated heterocycles. The lowest BCUT2D eigenvalue weighted by atomic mass is 10.0. The zero-order chi connectivity index (χ0) is 22.0. The number of aromatic amines is 1. The number of aromatic nitrogens is 2. The second-order valence-electron chi connectivity index (χ2n) is 7.36. The zero-order valence-corrected chi connectivity index (χ0v) is 16.5. The maximum absolute atomic E-state index is 12.7. The van der Waals surface area contributed by atoms with Gasteiger partial charge in [0.25, 0.3) is 5.69 Å². The molecule has 3 aromatic rings. The molecule has 2 aromatic heterocycles. The van der Waals surface area contributed by atoms with Gasteiger partial charge in [-0.15, -0.1) is 0 Å². The SMILES string of the molecule is N#C[C@@H]1CCCN1C(=O)[C@H](N)Cc1c[nH]c2ccc(Oc3ccc([N+](=O)[O-])cn3)cc12. The minimum atomic E-state index is -0.756. The molecule has 158 valence electrons. The summed E-state index contributed by atoms with van der Waals surface area (Å²) in [5.41, 5.74) is 7.77. The molecule has 0 spiro atoms. The predicted molar refractivity (Wildman–Crippen MR) is 111 cm³/mol. The van der Waals surface area contributed by atoms with Gasteiger partial charge >= 0.3 is 0 Å². The van der Waals surface area contributed by atoms with Crippen LogP contribution in [-0.2, 0) is 11.2 Å². The molecule has 3 N–H and O–H groups in total. The van der Waals surface area contributed by atoms with Crippen molar-refractivity contribution in [2.75, 3.05) is 6.54 Å². The van der Waals surface area contributed by atoms with E-state index in [1.165, 1.54) is 12.1 Å². The van der Waals surface area contributed by atoms with Crippen molar-refractivity contribution in [1.82, 2.24) is 14.9 Å². The summed E-state index contributed by atoms with van der Waals surface area (Å²) in [6, 6.07) is 9.13. The van der Waals surface area contributed by atoms with Crippen molar-refractivity contribution in [2.24, 2.45) is 5.73 Å². The Morgan fingerprint density at radius 2 is 2.29 bits per heavy atom. The number of amides is 1. The number of carbonyl (C=O) groups is 1. The van der Waals surface area contributed by atoms with E-state index in [-0.39, 0.29) is 17.5 Å². The molecule has 31 heavy (non-hydrogen) atoms. The van der Waals surface area contributed by atoms with Crippen LogP contribution in [-0.4, -0.2) is 44.3 Å². The van der Waals surface area contributed by atoms with Gasteiger partial charge in [0.15, 0.2) is 0 Å². The molecule has 2 atom stereocenters.